The molecule has 2 aromatic heterocycles. The number of rotatable bonds is 4. The van der Waals surface area contributed by atoms with Crippen molar-refractivity contribution in [1.29, 1.82) is 0 Å². The minimum atomic E-state index is 0.192. The van der Waals surface area contributed by atoms with Crippen LogP contribution in [0.1, 0.15) is 38.5 Å². The van der Waals surface area contributed by atoms with Crippen molar-refractivity contribution in [1.82, 2.24) is 24.8 Å². The lowest BCUT2D eigenvalue weighted by Crippen LogP contribution is -2.50. The molecule has 1 saturated carbocycles. The van der Waals surface area contributed by atoms with E-state index in [1.54, 1.807) is 12.4 Å². The van der Waals surface area contributed by atoms with Gasteiger partial charge < -0.3 is 10.7 Å². The van der Waals surface area contributed by atoms with Gasteiger partial charge in [-0.2, -0.15) is 0 Å². The molecule has 2 N–H and O–H groups in total. The van der Waals surface area contributed by atoms with E-state index in [0.29, 0.717) is 28.7 Å². The number of carbonyl (C=O) groups excluding carboxylic acids is 1. The number of nitrogens with two attached hydrogens (primary N) is 1. The maximum Gasteiger partial charge on any atom is 0.233 e. The van der Waals surface area contributed by atoms with Crippen molar-refractivity contribution in [3.05, 3.63) is 24.5 Å². The van der Waals surface area contributed by atoms with Gasteiger partial charge in [0.25, 0.3) is 0 Å². The summed E-state index contributed by atoms with van der Waals surface area (Å²) in [5.41, 5.74) is 0.807. The zero-order valence-corrected chi connectivity index (χ0v) is 15.6. The van der Waals surface area contributed by atoms with Crippen molar-refractivity contribution in [2.45, 2.75) is 49.7 Å². The third kappa shape index (κ3) is 3.42. The van der Waals surface area contributed by atoms with Crippen molar-refractivity contribution >= 4 is 17.7 Å². The highest BCUT2D eigenvalue weighted by molar-refractivity contribution is 7.99. The maximum atomic E-state index is 12.8. The normalized spacial score (nSPS) is 22.8. The van der Waals surface area contributed by atoms with Gasteiger partial charge in [0.1, 0.15) is 0 Å². The van der Waals surface area contributed by atoms with E-state index in [1.165, 1.54) is 42.1 Å². The molecule has 1 amide bonds. The zero-order chi connectivity index (χ0) is 17.9. The van der Waals surface area contributed by atoms with Gasteiger partial charge in [-0.3, -0.25) is 9.78 Å². The van der Waals surface area contributed by atoms with E-state index in [1.807, 2.05) is 12.1 Å². The Labute approximate surface area is 157 Å². The number of fused-ring (bicyclic) bond motifs is 1. The molecule has 0 aromatic carbocycles. The van der Waals surface area contributed by atoms with E-state index in [-0.39, 0.29) is 5.91 Å². The Hall–Kier alpha value is -2.09. The van der Waals surface area contributed by atoms with Crippen LogP contribution in [0.15, 0.2) is 29.7 Å². The zero-order valence-electron chi connectivity index (χ0n) is 14.8. The third-order valence-electron chi connectivity index (χ3n) is 5.47. The number of amides is 1. The minimum absolute atomic E-state index is 0.192. The van der Waals surface area contributed by atoms with E-state index in [2.05, 4.69) is 20.1 Å². The van der Waals surface area contributed by atoms with Gasteiger partial charge in [-0.05, 0) is 43.7 Å². The Morgan fingerprint density at radius 3 is 2.92 bits per heavy atom. The number of likely N-dealkylation sites (tertiary alicyclic amines) is 1. The molecule has 0 spiro atoms. The highest BCUT2D eigenvalue weighted by atomic mass is 32.2. The number of thioether (sulfide) groups is 1. The number of pyridine rings is 1. The van der Waals surface area contributed by atoms with Gasteiger partial charge in [-0.1, -0.05) is 24.6 Å². The van der Waals surface area contributed by atoms with E-state index in [0.717, 1.165) is 24.9 Å². The fourth-order valence-electron chi connectivity index (χ4n) is 4.21. The van der Waals surface area contributed by atoms with Crippen LogP contribution in [0.5, 0.6) is 0 Å². The monoisotopic (exact) mass is 372 g/mol. The number of carbonyl (C=O) groups is 1. The first-order chi connectivity index (χ1) is 12.7. The summed E-state index contributed by atoms with van der Waals surface area (Å²) in [5, 5.41) is 8.84. The van der Waals surface area contributed by atoms with Crippen molar-refractivity contribution in [3.63, 3.8) is 0 Å². The fourth-order valence-corrected chi connectivity index (χ4v) is 4.95. The summed E-state index contributed by atoms with van der Waals surface area (Å²) in [4.78, 5) is 19.0. The quantitative estimate of drug-likeness (QED) is 0.654. The second kappa shape index (κ2) is 7.65. The van der Waals surface area contributed by atoms with E-state index >= 15 is 0 Å². The van der Waals surface area contributed by atoms with Crippen molar-refractivity contribution in [2.75, 3.05) is 18.1 Å². The SMILES string of the molecule is Nn1c(SCC(=O)N2CCC[C@@H]3CCCC[C@H]32)nnc1-c1cccnc1. The summed E-state index contributed by atoms with van der Waals surface area (Å²) in [6.45, 7) is 0.886. The highest BCUT2D eigenvalue weighted by Gasteiger charge is 2.35. The van der Waals surface area contributed by atoms with Crippen LogP contribution in [0.3, 0.4) is 0 Å². The highest BCUT2D eigenvalue weighted by Crippen LogP contribution is 2.35. The first kappa shape index (κ1) is 17.3. The summed E-state index contributed by atoms with van der Waals surface area (Å²) >= 11 is 1.36. The van der Waals surface area contributed by atoms with Crippen LogP contribution in [-0.4, -0.2) is 49.0 Å². The molecule has 8 heteroatoms. The molecule has 2 aromatic rings. The second-order valence-corrected chi connectivity index (χ2v) is 7.99. The molecule has 1 aliphatic heterocycles. The van der Waals surface area contributed by atoms with E-state index in [9.17, 15) is 4.79 Å². The van der Waals surface area contributed by atoms with E-state index in [4.69, 9.17) is 5.84 Å². The Balaban J connectivity index is 1.41. The fraction of sp³-hybridized carbons (Fsp3) is 0.556. The molecule has 0 unspecified atom stereocenters. The lowest BCUT2D eigenvalue weighted by Gasteiger charge is -2.44. The van der Waals surface area contributed by atoms with Gasteiger partial charge >= 0.3 is 0 Å². The van der Waals surface area contributed by atoms with Crippen LogP contribution in [-0.2, 0) is 4.79 Å². The Morgan fingerprint density at radius 1 is 1.23 bits per heavy atom. The van der Waals surface area contributed by atoms with Crippen molar-refractivity contribution in [3.8, 4) is 11.4 Å². The van der Waals surface area contributed by atoms with Gasteiger partial charge in [0, 0.05) is 30.5 Å². The molecule has 3 heterocycles. The van der Waals surface area contributed by atoms with Gasteiger partial charge in [0.2, 0.25) is 11.1 Å². The molecule has 0 bridgehead atoms. The van der Waals surface area contributed by atoms with Crippen molar-refractivity contribution < 1.29 is 4.79 Å². The number of hydrogen-bond acceptors (Lipinski definition) is 6. The van der Waals surface area contributed by atoms with Crippen LogP contribution >= 0.6 is 11.8 Å². The average molecular weight is 372 g/mol. The van der Waals surface area contributed by atoms with Crippen LogP contribution in [0.4, 0.5) is 0 Å². The van der Waals surface area contributed by atoms with Crippen LogP contribution in [0.25, 0.3) is 11.4 Å². The molecule has 2 atom stereocenters. The molecule has 0 radical (unpaired) electrons. The number of nitrogens with zero attached hydrogens (tertiary/aromatic N) is 5. The predicted octanol–water partition coefficient (Wildman–Crippen LogP) is 2.33. The molecule has 138 valence electrons. The molecule has 26 heavy (non-hydrogen) atoms. The number of hydrogen-bond donors (Lipinski definition) is 1. The van der Waals surface area contributed by atoms with Gasteiger partial charge in [-0.25, -0.2) is 4.68 Å². The Morgan fingerprint density at radius 2 is 2.08 bits per heavy atom. The van der Waals surface area contributed by atoms with Crippen LogP contribution in [0.2, 0.25) is 0 Å². The molecule has 1 saturated heterocycles. The topological polar surface area (TPSA) is 89.9 Å². The molecule has 2 aliphatic rings. The first-order valence-electron chi connectivity index (χ1n) is 9.27. The molecular formula is C18H24N6OS. The van der Waals surface area contributed by atoms with Gasteiger partial charge in [-0.15, -0.1) is 10.2 Å². The predicted molar refractivity (Wildman–Crippen MR) is 101 cm³/mol. The maximum absolute atomic E-state index is 12.8. The molecular weight excluding hydrogens is 348 g/mol. The standard InChI is InChI=1S/C18H24N6OS/c19-24-17(14-6-3-9-20-11-14)21-22-18(24)26-12-16(25)23-10-4-7-13-5-1-2-8-15(13)23/h3,6,9,11,13,15H,1-2,4-5,7-8,10,12,19H2/t13-,15+/m0/s1. The smallest absolute Gasteiger partial charge is 0.233 e. The minimum Gasteiger partial charge on any atom is -0.339 e. The van der Waals surface area contributed by atoms with Crippen molar-refractivity contribution in [2.24, 2.45) is 5.92 Å². The lowest BCUT2D eigenvalue weighted by atomic mass is 9.78. The molecule has 4 rings (SSSR count). The number of aromatic nitrogens is 4. The second-order valence-electron chi connectivity index (χ2n) is 7.05. The Kier molecular flexibility index (Phi) is 5.10. The number of piperidine rings is 1. The van der Waals surface area contributed by atoms with Gasteiger partial charge in [0.15, 0.2) is 5.82 Å². The summed E-state index contributed by atoms with van der Waals surface area (Å²) in [7, 11) is 0. The summed E-state index contributed by atoms with van der Waals surface area (Å²) < 4.78 is 1.44. The molecule has 1 aliphatic carbocycles. The van der Waals surface area contributed by atoms with Crippen LogP contribution in [0, 0.1) is 5.92 Å². The lowest BCUT2D eigenvalue weighted by molar-refractivity contribution is -0.134. The first-order valence-corrected chi connectivity index (χ1v) is 10.3. The Bertz CT molecular complexity index is 762. The summed E-state index contributed by atoms with van der Waals surface area (Å²) in [6.07, 6.45) is 10.8. The number of nitrogen functional groups attached to an aromatic ring is 1. The largest absolute Gasteiger partial charge is 0.339 e. The summed E-state index contributed by atoms with van der Waals surface area (Å²) in [6, 6.07) is 4.15. The van der Waals surface area contributed by atoms with E-state index < -0.39 is 0 Å². The third-order valence-corrected chi connectivity index (χ3v) is 6.40. The summed E-state index contributed by atoms with van der Waals surface area (Å²) in [5.74, 6) is 7.92. The molecule has 7 nitrogen and oxygen atoms in total. The van der Waals surface area contributed by atoms with Gasteiger partial charge in [0.05, 0.1) is 5.75 Å². The molecule has 2 fully saturated rings. The average Bonchev–Trinajstić information content (AvgIpc) is 3.07. The van der Waals surface area contributed by atoms with Crippen LogP contribution < -0.4 is 5.84 Å².